The summed E-state index contributed by atoms with van der Waals surface area (Å²) in [5.41, 5.74) is 1.05. The van der Waals surface area contributed by atoms with E-state index in [0.29, 0.717) is 0 Å². The maximum absolute atomic E-state index is 11.3. The number of hydrogen-bond acceptors (Lipinski definition) is 4. The van der Waals surface area contributed by atoms with Gasteiger partial charge in [-0.1, -0.05) is 0 Å². The Labute approximate surface area is 101 Å². The number of nitrogens with zero attached hydrogens (tertiary/aromatic N) is 1. The zero-order valence-electron chi connectivity index (χ0n) is 10.3. The topological polar surface area (TPSA) is 78.1 Å². The van der Waals surface area contributed by atoms with E-state index in [4.69, 9.17) is 9.68 Å². The van der Waals surface area contributed by atoms with E-state index in [-0.39, 0.29) is 25.0 Å². The van der Waals surface area contributed by atoms with Crippen LogP contribution in [0, 0.1) is 25.2 Å². The van der Waals surface area contributed by atoms with Gasteiger partial charge >= 0.3 is 0 Å². The first-order chi connectivity index (χ1) is 8.04. The average Bonchev–Trinajstić information content (AvgIpc) is 2.62. The van der Waals surface area contributed by atoms with Crippen LogP contribution in [0.1, 0.15) is 30.0 Å². The maximum Gasteiger partial charge on any atom is 0.234 e. The van der Waals surface area contributed by atoms with Crippen LogP contribution < -0.4 is 10.6 Å². The minimum Gasteiger partial charge on any atom is -0.466 e. The van der Waals surface area contributed by atoms with E-state index in [9.17, 15) is 4.79 Å². The summed E-state index contributed by atoms with van der Waals surface area (Å²) in [6.07, 6.45) is 0. The van der Waals surface area contributed by atoms with E-state index < -0.39 is 0 Å². The molecule has 2 N–H and O–H groups in total. The minimum atomic E-state index is -0.184. The third-order valence-corrected chi connectivity index (χ3v) is 2.48. The van der Waals surface area contributed by atoms with Crippen molar-refractivity contribution in [3.63, 3.8) is 0 Å². The highest BCUT2D eigenvalue weighted by atomic mass is 16.3. The van der Waals surface area contributed by atoms with Gasteiger partial charge in [0, 0.05) is 11.6 Å². The van der Waals surface area contributed by atoms with Gasteiger partial charge in [-0.15, -0.1) is 0 Å². The van der Waals surface area contributed by atoms with Gasteiger partial charge in [-0.3, -0.25) is 4.79 Å². The molecule has 1 heterocycles. The SMILES string of the molecule is Cc1cc(C(C)NCC(=O)NCC#N)c(C)o1. The Morgan fingerprint density at radius 2 is 2.29 bits per heavy atom. The van der Waals surface area contributed by atoms with Crippen molar-refractivity contribution in [3.8, 4) is 6.07 Å². The zero-order valence-corrected chi connectivity index (χ0v) is 10.3. The van der Waals surface area contributed by atoms with Crippen molar-refractivity contribution in [2.75, 3.05) is 13.1 Å². The Morgan fingerprint density at radius 3 is 2.82 bits per heavy atom. The lowest BCUT2D eigenvalue weighted by molar-refractivity contribution is -0.120. The zero-order chi connectivity index (χ0) is 12.8. The number of hydrogen-bond donors (Lipinski definition) is 2. The number of aryl methyl sites for hydroxylation is 2. The normalized spacial score (nSPS) is 11.9. The number of rotatable bonds is 5. The highest BCUT2D eigenvalue weighted by molar-refractivity contribution is 5.78. The number of nitriles is 1. The van der Waals surface area contributed by atoms with Crippen LogP contribution in [-0.2, 0) is 4.79 Å². The second-order valence-electron chi connectivity index (χ2n) is 3.91. The number of carbonyl (C=O) groups is 1. The molecule has 17 heavy (non-hydrogen) atoms. The van der Waals surface area contributed by atoms with E-state index in [0.717, 1.165) is 17.1 Å². The first-order valence-electron chi connectivity index (χ1n) is 5.48. The summed E-state index contributed by atoms with van der Waals surface area (Å²) in [6.45, 7) is 5.99. The van der Waals surface area contributed by atoms with Crippen LogP contribution in [0.3, 0.4) is 0 Å². The van der Waals surface area contributed by atoms with E-state index in [1.165, 1.54) is 0 Å². The van der Waals surface area contributed by atoms with Crippen LogP contribution in [0.2, 0.25) is 0 Å². The summed E-state index contributed by atoms with van der Waals surface area (Å²) in [4.78, 5) is 11.3. The summed E-state index contributed by atoms with van der Waals surface area (Å²) in [7, 11) is 0. The molecule has 92 valence electrons. The van der Waals surface area contributed by atoms with Gasteiger partial charge in [0.2, 0.25) is 5.91 Å². The molecule has 5 heteroatoms. The summed E-state index contributed by atoms with van der Waals surface area (Å²) in [6, 6.07) is 3.86. The Morgan fingerprint density at radius 1 is 1.59 bits per heavy atom. The van der Waals surface area contributed by atoms with Gasteiger partial charge in [0.1, 0.15) is 18.1 Å². The molecule has 0 aromatic carbocycles. The molecular formula is C12H17N3O2. The van der Waals surface area contributed by atoms with E-state index >= 15 is 0 Å². The summed E-state index contributed by atoms with van der Waals surface area (Å²) in [5.74, 6) is 1.54. The molecule has 1 aromatic rings. The summed E-state index contributed by atoms with van der Waals surface area (Å²) >= 11 is 0. The monoisotopic (exact) mass is 235 g/mol. The molecule has 1 rings (SSSR count). The lowest BCUT2D eigenvalue weighted by Crippen LogP contribution is -2.35. The number of carbonyl (C=O) groups excluding carboxylic acids is 1. The first-order valence-corrected chi connectivity index (χ1v) is 5.48. The molecule has 0 bridgehead atoms. The average molecular weight is 235 g/mol. The molecule has 0 aliphatic rings. The highest BCUT2D eigenvalue weighted by Crippen LogP contribution is 2.20. The van der Waals surface area contributed by atoms with Gasteiger partial charge in [-0.25, -0.2) is 0 Å². The van der Waals surface area contributed by atoms with E-state index in [1.54, 1.807) is 0 Å². The fourth-order valence-corrected chi connectivity index (χ4v) is 1.64. The van der Waals surface area contributed by atoms with Gasteiger partial charge < -0.3 is 15.1 Å². The van der Waals surface area contributed by atoms with Crippen molar-refractivity contribution in [2.24, 2.45) is 0 Å². The molecule has 5 nitrogen and oxygen atoms in total. The van der Waals surface area contributed by atoms with Crippen molar-refractivity contribution < 1.29 is 9.21 Å². The molecule has 1 amide bonds. The van der Waals surface area contributed by atoms with Crippen LogP contribution in [0.25, 0.3) is 0 Å². The Hall–Kier alpha value is -1.80. The molecule has 1 atom stereocenters. The van der Waals surface area contributed by atoms with Gasteiger partial charge in [-0.05, 0) is 26.8 Å². The summed E-state index contributed by atoms with van der Waals surface area (Å²) < 4.78 is 5.42. The van der Waals surface area contributed by atoms with Crippen molar-refractivity contribution in [2.45, 2.75) is 26.8 Å². The lowest BCUT2D eigenvalue weighted by Gasteiger charge is -2.12. The van der Waals surface area contributed by atoms with Crippen molar-refractivity contribution in [3.05, 3.63) is 23.2 Å². The van der Waals surface area contributed by atoms with Gasteiger partial charge in [0.15, 0.2) is 0 Å². The smallest absolute Gasteiger partial charge is 0.234 e. The Balaban J connectivity index is 2.45. The molecule has 0 saturated carbocycles. The Kier molecular flexibility index (Phi) is 4.73. The summed E-state index contributed by atoms with van der Waals surface area (Å²) in [5, 5.41) is 13.9. The molecule has 0 saturated heterocycles. The Bertz CT molecular complexity index is 431. The van der Waals surface area contributed by atoms with Crippen molar-refractivity contribution in [1.29, 1.82) is 5.26 Å². The third kappa shape index (κ3) is 3.93. The molecule has 0 aliphatic carbocycles. The van der Waals surface area contributed by atoms with Gasteiger partial charge in [0.05, 0.1) is 12.6 Å². The van der Waals surface area contributed by atoms with Gasteiger partial charge in [-0.2, -0.15) is 5.26 Å². The molecule has 0 aliphatic heterocycles. The molecule has 1 unspecified atom stereocenters. The second-order valence-corrected chi connectivity index (χ2v) is 3.91. The largest absolute Gasteiger partial charge is 0.466 e. The van der Waals surface area contributed by atoms with E-state index in [2.05, 4.69) is 10.6 Å². The first kappa shape index (κ1) is 13.3. The minimum absolute atomic E-state index is 0.0404. The molecule has 0 radical (unpaired) electrons. The quantitative estimate of drug-likeness (QED) is 0.751. The molecule has 0 spiro atoms. The lowest BCUT2D eigenvalue weighted by atomic mass is 10.1. The number of nitrogens with one attached hydrogen (secondary N) is 2. The van der Waals surface area contributed by atoms with Gasteiger partial charge in [0.25, 0.3) is 0 Å². The maximum atomic E-state index is 11.3. The molecule has 1 aromatic heterocycles. The highest BCUT2D eigenvalue weighted by Gasteiger charge is 2.13. The molecule has 0 fully saturated rings. The second kappa shape index (κ2) is 6.06. The predicted octanol–water partition coefficient (Wildman–Crippen LogP) is 1.19. The van der Waals surface area contributed by atoms with Crippen LogP contribution in [0.15, 0.2) is 10.5 Å². The number of amides is 1. The van der Waals surface area contributed by atoms with Crippen LogP contribution >= 0.6 is 0 Å². The van der Waals surface area contributed by atoms with Crippen molar-refractivity contribution in [1.82, 2.24) is 10.6 Å². The molecular weight excluding hydrogens is 218 g/mol. The van der Waals surface area contributed by atoms with E-state index in [1.807, 2.05) is 32.9 Å². The van der Waals surface area contributed by atoms with Crippen LogP contribution in [0.5, 0.6) is 0 Å². The standard InChI is InChI=1S/C12H17N3O2/c1-8-6-11(10(3)17-8)9(2)15-7-12(16)14-5-4-13/h6,9,15H,5,7H2,1-3H3,(H,14,16). The van der Waals surface area contributed by atoms with Crippen LogP contribution in [-0.4, -0.2) is 19.0 Å². The fourth-order valence-electron chi connectivity index (χ4n) is 1.64. The fraction of sp³-hybridized carbons (Fsp3) is 0.500. The van der Waals surface area contributed by atoms with Crippen LogP contribution in [0.4, 0.5) is 0 Å². The van der Waals surface area contributed by atoms with Crippen molar-refractivity contribution >= 4 is 5.91 Å². The predicted molar refractivity (Wildman–Crippen MR) is 63.2 cm³/mol. The third-order valence-electron chi connectivity index (χ3n) is 2.48. The number of furan rings is 1.